The van der Waals surface area contributed by atoms with Crippen molar-refractivity contribution in [1.29, 1.82) is 0 Å². The fourth-order valence-electron chi connectivity index (χ4n) is 9.86. The molecule has 0 atom stereocenters. The highest BCUT2D eigenvalue weighted by Crippen LogP contribution is 2.56. The molecule has 9 aromatic carbocycles. The summed E-state index contributed by atoms with van der Waals surface area (Å²) in [4.78, 5) is 10.6. The first kappa shape index (κ1) is 36.2. The van der Waals surface area contributed by atoms with E-state index in [1.54, 1.807) is 0 Å². The zero-order valence-electron chi connectivity index (χ0n) is 33.7. The molecule has 0 saturated carbocycles. The van der Waals surface area contributed by atoms with Gasteiger partial charge >= 0.3 is 0 Å². The van der Waals surface area contributed by atoms with Crippen molar-refractivity contribution in [3.8, 4) is 67.3 Å². The van der Waals surface area contributed by atoms with E-state index in [-0.39, 0.29) is 0 Å². The van der Waals surface area contributed by atoms with Gasteiger partial charge in [0.25, 0.3) is 0 Å². The van der Waals surface area contributed by atoms with Gasteiger partial charge in [0.05, 0.1) is 16.8 Å². The topological polar surface area (TPSA) is 25.8 Å². The molecule has 0 saturated heterocycles. The molecule has 2 nitrogen and oxygen atoms in total. The van der Waals surface area contributed by atoms with Crippen LogP contribution in [0.2, 0.25) is 0 Å². The maximum atomic E-state index is 5.33. The summed E-state index contributed by atoms with van der Waals surface area (Å²) in [5.74, 6) is 0.695. The summed E-state index contributed by atoms with van der Waals surface area (Å²) < 4.78 is 2.60. The molecule has 0 radical (unpaired) electrons. The minimum Gasteiger partial charge on any atom is -0.228 e. The van der Waals surface area contributed by atoms with E-state index in [4.69, 9.17) is 9.97 Å². The third kappa shape index (κ3) is 5.78. The lowest BCUT2D eigenvalue weighted by molar-refractivity contribution is 0.768. The fraction of sp³-hybridized carbons (Fsp3) is 0.0169. The number of rotatable bonds is 7. The van der Waals surface area contributed by atoms with Gasteiger partial charge in [-0.25, -0.2) is 9.97 Å². The zero-order chi connectivity index (χ0) is 41.0. The highest BCUT2D eigenvalue weighted by Gasteiger charge is 2.45. The van der Waals surface area contributed by atoms with Gasteiger partial charge in [0.15, 0.2) is 5.82 Å². The maximum Gasteiger partial charge on any atom is 0.160 e. The Morgan fingerprint density at radius 3 is 1.42 bits per heavy atom. The lowest BCUT2D eigenvalue weighted by atomic mass is 9.67. The monoisotopic (exact) mass is 806 g/mol. The first-order valence-electron chi connectivity index (χ1n) is 21.1. The second-order valence-corrected chi connectivity index (χ2v) is 17.1. The summed E-state index contributed by atoms with van der Waals surface area (Å²) in [6.45, 7) is 0. The standard InChI is InChI=1S/C59H38N2S/c1-3-17-40(18-4-1)58-60-54(38-55(61-58)49-26-10-8-22-45(49)41-33-36-57-51(37-41)50-27-13-16-30-56(50)62-57)48-25-9-7-21-44(48)39-31-34-43(35-32-39)59(42-19-5-2-6-20-42)52-28-14-11-23-46(52)47-24-12-15-29-53(47)59/h1-38H. The number of nitrogens with zero attached hydrogens (tertiary/aromatic N) is 2. The van der Waals surface area contributed by atoms with Crippen molar-refractivity contribution in [1.82, 2.24) is 9.97 Å². The lowest BCUT2D eigenvalue weighted by Crippen LogP contribution is -2.28. The molecule has 1 aliphatic rings. The Bertz CT molecular complexity index is 3410. The molecule has 1 aliphatic carbocycles. The van der Waals surface area contributed by atoms with E-state index in [1.807, 2.05) is 17.4 Å². The molecule has 11 aromatic rings. The molecule has 2 aromatic heterocycles. The number of fused-ring (bicyclic) bond motifs is 6. The molecule has 0 spiro atoms. The highest BCUT2D eigenvalue weighted by atomic mass is 32.1. The quantitative estimate of drug-likeness (QED) is 0.160. The van der Waals surface area contributed by atoms with Gasteiger partial charge in [0.2, 0.25) is 0 Å². The van der Waals surface area contributed by atoms with Crippen LogP contribution in [0.4, 0.5) is 0 Å². The maximum absolute atomic E-state index is 5.33. The van der Waals surface area contributed by atoms with Crippen LogP contribution in [0.1, 0.15) is 22.3 Å². The van der Waals surface area contributed by atoms with Crippen molar-refractivity contribution < 1.29 is 0 Å². The molecule has 0 amide bonds. The minimum absolute atomic E-state index is 0.451. The molecule has 2 heterocycles. The Labute approximate surface area is 365 Å². The van der Waals surface area contributed by atoms with Crippen molar-refractivity contribution in [2.24, 2.45) is 0 Å². The molecule has 0 fully saturated rings. The Balaban J connectivity index is 1.00. The van der Waals surface area contributed by atoms with E-state index in [0.717, 1.165) is 44.8 Å². The number of hydrogen-bond acceptors (Lipinski definition) is 3. The molecule has 0 unspecified atom stereocenters. The Hall–Kier alpha value is -7.72. The van der Waals surface area contributed by atoms with Crippen molar-refractivity contribution >= 4 is 31.5 Å². The van der Waals surface area contributed by atoms with Crippen LogP contribution < -0.4 is 0 Å². The molecular weight excluding hydrogens is 769 g/mol. The van der Waals surface area contributed by atoms with Crippen LogP contribution in [0, 0.1) is 0 Å². The SMILES string of the molecule is c1ccc(-c2nc(-c3ccccc3-c3ccc(C4(c5ccccc5)c5ccccc5-c5ccccc54)cc3)cc(-c3ccccc3-c3ccc4sc5ccccc5c4c3)n2)cc1. The van der Waals surface area contributed by atoms with Crippen LogP contribution in [0.5, 0.6) is 0 Å². The Kier molecular flexibility index (Phi) is 8.62. The van der Waals surface area contributed by atoms with Crippen LogP contribution in [-0.2, 0) is 5.41 Å². The molecule has 0 N–H and O–H groups in total. The van der Waals surface area contributed by atoms with Gasteiger partial charge in [-0.3, -0.25) is 0 Å². The summed E-state index contributed by atoms with van der Waals surface area (Å²) >= 11 is 1.84. The van der Waals surface area contributed by atoms with Gasteiger partial charge in [-0.05, 0) is 79.9 Å². The van der Waals surface area contributed by atoms with Crippen LogP contribution in [0.25, 0.3) is 87.5 Å². The first-order valence-corrected chi connectivity index (χ1v) is 22.0. The van der Waals surface area contributed by atoms with E-state index in [9.17, 15) is 0 Å². The van der Waals surface area contributed by atoms with E-state index >= 15 is 0 Å². The first-order chi connectivity index (χ1) is 30.7. The largest absolute Gasteiger partial charge is 0.228 e. The zero-order valence-corrected chi connectivity index (χ0v) is 34.6. The van der Waals surface area contributed by atoms with Gasteiger partial charge < -0.3 is 0 Å². The molecule has 0 bridgehead atoms. The van der Waals surface area contributed by atoms with Crippen molar-refractivity contribution in [2.45, 2.75) is 5.41 Å². The smallest absolute Gasteiger partial charge is 0.160 e. The van der Waals surface area contributed by atoms with Crippen LogP contribution in [0.3, 0.4) is 0 Å². The lowest BCUT2D eigenvalue weighted by Gasteiger charge is -2.34. The molecule has 12 rings (SSSR count). The second-order valence-electron chi connectivity index (χ2n) is 16.0. The third-order valence-corrected chi connectivity index (χ3v) is 13.8. The summed E-state index contributed by atoms with van der Waals surface area (Å²) in [5, 5.41) is 2.57. The summed E-state index contributed by atoms with van der Waals surface area (Å²) in [6, 6.07) is 83.4. The van der Waals surface area contributed by atoms with Gasteiger partial charge in [-0.2, -0.15) is 0 Å². The van der Waals surface area contributed by atoms with E-state index < -0.39 is 5.41 Å². The number of benzene rings is 9. The van der Waals surface area contributed by atoms with Gasteiger partial charge in [0.1, 0.15) is 0 Å². The summed E-state index contributed by atoms with van der Waals surface area (Å²) in [6.07, 6.45) is 0. The van der Waals surface area contributed by atoms with Crippen LogP contribution in [-0.4, -0.2) is 9.97 Å². The predicted octanol–water partition coefficient (Wildman–Crippen LogP) is 15.5. The summed E-state index contributed by atoms with van der Waals surface area (Å²) in [5.41, 5.74) is 16.7. The van der Waals surface area contributed by atoms with E-state index in [0.29, 0.717) is 5.82 Å². The van der Waals surface area contributed by atoms with Gasteiger partial charge in [-0.1, -0.05) is 206 Å². The Morgan fingerprint density at radius 1 is 0.306 bits per heavy atom. The average Bonchev–Trinajstić information content (AvgIpc) is 3.88. The molecule has 290 valence electrons. The highest BCUT2D eigenvalue weighted by molar-refractivity contribution is 7.25. The predicted molar refractivity (Wildman–Crippen MR) is 259 cm³/mol. The van der Waals surface area contributed by atoms with Crippen molar-refractivity contribution in [2.75, 3.05) is 0 Å². The normalized spacial score (nSPS) is 12.6. The van der Waals surface area contributed by atoms with Crippen LogP contribution in [0.15, 0.2) is 231 Å². The van der Waals surface area contributed by atoms with Crippen molar-refractivity contribution in [3.63, 3.8) is 0 Å². The number of hydrogen-bond donors (Lipinski definition) is 0. The number of thiophene rings is 1. The Morgan fingerprint density at radius 2 is 0.774 bits per heavy atom. The van der Waals surface area contributed by atoms with Gasteiger partial charge in [-0.15, -0.1) is 11.3 Å². The molecule has 0 aliphatic heterocycles. The average molecular weight is 807 g/mol. The summed E-state index contributed by atoms with van der Waals surface area (Å²) in [7, 11) is 0. The second kappa shape index (κ2) is 14.8. The van der Waals surface area contributed by atoms with E-state index in [2.05, 4.69) is 224 Å². The van der Waals surface area contributed by atoms with Gasteiger partial charge in [0, 0.05) is 36.9 Å². The third-order valence-electron chi connectivity index (χ3n) is 12.6. The molecular formula is C59H38N2S. The fourth-order valence-corrected chi connectivity index (χ4v) is 10.9. The van der Waals surface area contributed by atoms with Crippen LogP contribution >= 0.6 is 11.3 Å². The minimum atomic E-state index is -0.451. The van der Waals surface area contributed by atoms with E-state index in [1.165, 1.54) is 59.1 Å². The molecule has 62 heavy (non-hydrogen) atoms. The molecule has 3 heteroatoms. The number of aromatic nitrogens is 2. The van der Waals surface area contributed by atoms with Crippen molar-refractivity contribution in [3.05, 3.63) is 253 Å².